The van der Waals surface area contributed by atoms with Gasteiger partial charge in [0.15, 0.2) is 0 Å². The molecule has 0 saturated heterocycles. The summed E-state index contributed by atoms with van der Waals surface area (Å²) < 4.78 is 24.6. The number of anilines is 2. The molecule has 0 aliphatic carbocycles. The first-order chi connectivity index (χ1) is 17.2. The van der Waals surface area contributed by atoms with Gasteiger partial charge in [-0.25, -0.2) is 9.18 Å². The first kappa shape index (κ1) is 25.2. The minimum Gasteiger partial charge on any atom is -0.493 e. The van der Waals surface area contributed by atoms with Gasteiger partial charge in [0.05, 0.1) is 6.61 Å². The number of para-hydroxylation sites is 1. The third-order valence-electron chi connectivity index (χ3n) is 5.80. The van der Waals surface area contributed by atoms with E-state index in [4.69, 9.17) is 9.47 Å². The quantitative estimate of drug-likeness (QED) is 0.421. The fourth-order valence-electron chi connectivity index (χ4n) is 4.04. The van der Waals surface area contributed by atoms with Crippen molar-refractivity contribution in [3.05, 3.63) is 89.7 Å². The Morgan fingerprint density at radius 1 is 0.944 bits per heavy atom. The van der Waals surface area contributed by atoms with E-state index in [1.165, 1.54) is 17.0 Å². The van der Waals surface area contributed by atoms with Gasteiger partial charge in [0, 0.05) is 24.3 Å². The zero-order chi connectivity index (χ0) is 25.7. The molecule has 0 fully saturated rings. The molecule has 2 amide bonds. The van der Waals surface area contributed by atoms with Crippen molar-refractivity contribution in [3.8, 4) is 5.75 Å². The minimum atomic E-state index is -0.713. The van der Waals surface area contributed by atoms with Gasteiger partial charge in [-0.15, -0.1) is 0 Å². The molecule has 1 aliphatic heterocycles. The van der Waals surface area contributed by atoms with E-state index in [2.05, 4.69) is 0 Å². The fraction of sp³-hybridized carbons (Fsp3) is 0.310. The van der Waals surface area contributed by atoms with Gasteiger partial charge in [0.2, 0.25) is 5.91 Å². The summed E-state index contributed by atoms with van der Waals surface area (Å²) in [6.07, 6.45) is 0.706. The van der Waals surface area contributed by atoms with Crippen LogP contribution >= 0.6 is 0 Å². The zero-order valence-electron chi connectivity index (χ0n) is 20.9. The maximum atomic E-state index is 13.8. The number of nitrogens with zero attached hydrogens (tertiary/aromatic N) is 2. The van der Waals surface area contributed by atoms with E-state index in [1.807, 2.05) is 36.4 Å². The number of hydrogen-bond donors (Lipinski definition) is 0. The van der Waals surface area contributed by atoms with Crippen LogP contribution < -0.4 is 14.5 Å². The summed E-state index contributed by atoms with van der Waals surface area (Å²) in [5.41, 5.74) is 2.53. The Balaban J connectivity index is 1.61. The van der Waals surface area contributed by atoms with E-state index >= 15 is 0 Å². The second-order valence-electron chi connectivity index (χ2n) is 9.71. The van der Waals surface area contributed by atoms with Gasteiger partial charge >= 0.3 is 6.09 Å². The molecule has 7 heteroatoms. The number of halogens is 1. The molecule has 6 nitrogen and oxygen atoms in total. The monoisotopic (exact) mass is 490 g/mol. The zero-order valence-corrected chi connectivity index (χ0v) is 20.9. The Kier molecular flexibility index (Phi) is 7.58. The lowest BCUT2D eigenvalue weighted by atomic mass is 10.1. The normalized spacial score (nSPS) is 12.4. The fourth-order valence-corrected chi connectivity index (χ4v) is 4.04. The second-order valence-corrected chi connectivity index (χ2v) is 9.71. The van der Waals surface area contributed by atoms with E-state index in [0.717, 1.165) is 29.0 Å². The van der Waals surface area contributed by atoms with Gasteiger partial charge in [-0.1, -0.05) is 30.3 Å². The maximum Gasteiger partial charge on any atom is 0.415 e. The lowest BCUT2D eigenvalue weighted by Gasteiger charge is -2.30. The van der Waals surface area contributed by atoms with Crippen molar-refractivity contribution in [3.63, 3.8) is 0 Å². The number of ether oxygens (including phenoxy) is 2. The number of amides is 2. The molecule has 0 bridgehead atoms. The van der Waals surface area contributed by atoms with Crippen molar-refractivity contribution in [2.75, 3.05) is 29.5 Å². The maximum absolute atomic E-state index is 13.8. The van der Waals surface area contributed by atoms with Gasteiger partial charge in [0.1, 0.15) is 23.7 Å². The van der Waals surface area contributed by atoms with Crippen LogP contribution in [0.3, 0.4) is 0 Å². The average molecular weight is 491 g/mol. The van der Waals surface area contributed by atoms with Crippen molar-refractivity contribution < 1.29 is 23.5 Å². The summed E-state index contributed by atoms with van der Waals surface area (Å²) in [7, 11) is 0. The molecule has 0 saturated carbocycles. The summed E-state index contributed by atoms with van der Waals surface area (Å²) in [4.78, 5) is 29.9. The van der Waals surface area contributed by atoms with Crippen LogP contribution in [-0.4, -0.2) is 37.3 Å². The van der Waals surface area contributed by atoms with E-state index in [9.17, 15) is 14.0 Å². The predicted molar refractivity (Wildman–Crippen MR) is 138 cm³/mol. The van der Waals surface area contributed by atoms with Crippen LogP contribution in [-0.2, 0) is 22.4 Å². The Bertz CT molecular complexity index is 1210. The number of carbonyl (C=O) groups excluding carboxylic acids is 2. The van der Waals surface area contributed by atoms with Crippen molar-refractivity contribution in [2.45, 2.75) is 39.2 Å². The van der Waals surface area contributed by atoms with Gasteiger partial charge in [-0.05, 0) is 80.8 Å². The summed E-state index contributed by atoms with van der Waals surface area (Å²) >= 11 is 0. The Morgan fingerprint density at radius 3 is 2.36 bits per heavy atom. The number of rotatable bonds is 7. The van der Waals surface area contributed by atoms with E-state index in [0.29, 0.717) is 25.3 Å². The van der Waals surface area contributed by atoms with Crippen molar-refractivity contribution in [2.24, 2.45) is 0 Å². The van der Waals surface area contributed by atoms with Crippen LogP contribution in [0.2, 0.25) is 0 Å². The minimum absolute atomic E-state index is 0.198. The van der Waals surface area contributed by atoms with E-state index in [-0.39, 0.29) is 18.3 Å². The molecule has 3 aromatic rings. The largest absolute Gasteiger partial charge is 0.493 e. The predicted octanol–water partition coefficient (Wildman–Crippen LogP) is 5.78. The molecule has 3 aromatic carbocycles. The summed E-state index contributed by atoms with van der Waals surface area (Å²) in [5.74, 6) is 0.260. The SMILES string of the molecule is CC(C)(C)OC(=O)N(CC(=O)N(CCc1ccc(F)cc1)c1ccc2c(c1)CCO2)c1ccccc1. The Hall–Kier alpha value is -3.87. The highest BCUT2D eigenvalue weighted by atomic mass is 19.1. The van der Waals surface area contributed by atoms with Crippen molar-refractivity contribution in [1.82, 2.24) is 0 Å². The summed E-state index contributed by atoms with van der Waals surface area (Å²) in [5, 5.41) is 0. The van der Waals surface area contributed by atoms with Crippen LogP contribution in [0.25, 0.3) is 0 Å². The summed E-state index contributed by atoms with van der Waals surface area (Å²) in [6.45, 7) is 6.15. The standard InChI is InChI=1S/C29H31FN2O4/c1-29(2,3)36-28(34)32(24-7-5-4-6-8-24)20-27(33)31(17-15-21-9-11-23(30)12-10-21)25-13-14-26-22(19-25)16-18-35-26/h4-14,19H,15-18,20H2,1-3H3. The second kappa shape index (κ2) is 10.8. The first-order valence-corrected chi connectivity index (χ1v) is 12.1. The van der Waals surface area contributed by atoms with Gasteiger partial charge in [-0.3, -0.25) is 9.69 Å². The highest BCUT2D eigenvalue weighted by Gasteiger charge is 2.28. The number of carbonyl (C=O) groups is 2. The van der Waals surface area contributed by atoms with Crippen LogP contribution in [0.1, 0.15) is 31.9 Å². The molecule has 0 N–H and O–H groups in total. The molecule has 0 radical (unpaired) electrons. The molecule has 36 heavy (non-hydrogen) atoms. The highest BCUT2D eigenvalue weighted by molar-refractivity contribution is 6.02. The van der Waals surface area contributed by atoms with Gasteiger partial charge < -0.3 is 14.4 Å². The molecule has 0 unspecified atom stereocenters. The smallest absolute Gasteiger partial charge is 0.415 e. The van der Waals surface area contributed by atoms with Crippen LogP contribution in [0.15, 0.2) is 72.8 Å². The van der Waals surface area contributed by atoms with Gasteiger partial charge in [-0.2, -0.15) is 0 Å². The molecular formula is C29H31FN2O4. The molecule has 0 spiro atoms. The molecule has 1 heterocycles. The third-order valence-corrected chi connectivity index (χ3v) is 5.80. The third kappa shape index (κ3) is 6.42. The van der Waals surface area contributed by atoms with Gasteiger partial charge in [0.25, 0.3) is 0 Å². The van der Waals surface area contributed by atoms with Crippen LogP contribution in [0, 0.1) is 5.82 Å². The van der Waals surface area contributed by atoms with E-state index < -0.39 is 11.7 Å². The topological polar surface area (TPSA) is 59.1 Å². The Labute approximate surface area is 211 Å². The average Bonchev–Trinajstić information content (AvgIpc) is 3.31. The van der Waals surface area contributed by atoms with Crippen LogP contribution in [0.4, 0.5) is 20.6 Å². The lowest BCUT2D eigenvalue weighted by Crippen LogP contribution is -2.45. The summed E-state index contributed by atoms with van der Waals surface area (Å²) in [6, 6.07) is 20.9. The molecule has 0 aromatic heterocycles. The highest BCUT2D eigenvalue weighted by Crippen LogP contribution is 2.30. The first-order valence-electron chi connectivity index (χ1n) is 12.1. The van der Waals surface area contributed by atoms with Crippen LogP contribution in [0.5, 0.6) is 5.75 Å². The van der Waals surface area contributed by atoms with Crippen molar-refractivity contribution in [1.29, 1.82) is 0 Å². The molecular weight excluding hydrogens is 459 g/mol. The lowest BCUT2D eigenvalue weighted by molar-refractivity contribution is -0.117. The number of hydrogen-bond acceptors (Lipinski definition) is 4. The number of fused-ring (bicyclic) bond motifs is 1. The van der Waals surface area contributed by atoms with Crippen molar-refractivity contribution >= 4 is 23.4 Å². The molecule has 4 rings (SSSR count). The number of benzene rings is 3. The molecule has 1 aliphatic rings. The Morgan fingerprint density at radius 2 is 1.67 bits per heavy atom. The van der Waals surface area contributed by atoms with E-state index in [1.54, 1.807) is 49.9 Å². The molecule has 0 atom stereocenters. The molecule has 188 valence electrons.